The number of ether oxygens (including phenoxy) is 2. The summed E-state index contributed by atoms with van der Waals surface area (Å²) in [5.74, 6) is -1.31. The number of para-hydroxylation sites is 1. The molecule has 0 aliphatic rings. The maximum absolute atomic E-state index is 12.2. The van der Waals surface area contributed by atoms with Crippen LogP contribution in [0, 0.1) is 0 Å². The SMILES string of the molecule is COC(=O)C(I)CNC(=O)c1ccccc1OC(F)F. The summed E-state index contributed by atoms with van der Waals surface area (Å²) in [5, 5.41) is 2.46. The number of rotatable bonds is 6. The van der Waals surface area contributed by atoms with Crippen molar-refractivity contribution in [2.24, 2.45) is 0 Å². The zero-order chi connectivity index (χ0) is 15.1. The molecule has 0 fully saturated rings. The van der Waals surface area contributed by atoms with E-state index in [9.17, 15) is 18.4 Å². The third-order valence-corrected chi connectivity index (χ3v) is 3.20. The number of hydrogen-bond acceptors (Lipinski definition) is 4. The summed E-state index contributed by atoms with van der Waals surface area (Å²) in [6.45, 7) is -2.99. The largest absolute Gasteiger partial charge is 0.468 e. The number of carbonyl (C=O) groups is 2. The molecular weight excluding hydrogens is 387 g/mol. The van der Waals surface area contributed by atoms with E-state index in [0.29, 0.717) is 0 Å². The number of alkyl halides is 3. The standard InChI is InChI=1S/C12H12F2INO4/c1-19-11(18)8(15)6-16-10(17)7-4-2-3-5-9(7)20-12(13)14/h2-5,8,12H,6H2,1H3,(H,16,17). The van der Waals surface area contributed by atoms with Crippen molar-refractivity contribution in [2.75, 3.05) is 13.7 Å². The summed E-state index contributed by atoms with van der Waals surface area (Å²) in [6.07, 6.45) is 0. The lowest BCUT2D eigenvalue weighted by atomic mass is 10.2. The lowest BCUT2D eigenvalue weighted by molar-refractivity contribution is -0.139. The van der Waals surface area contributed by atoms with Gasteiger partial charge in [-0.25, -0.2) is 0 Å². The third kappa shape index (κ3) is 4.91. The number of halogens is 3. The molecule has 0 aliphatic carbocycles. The molecule has 0 heterocycles. The Labute approximate surface area is 127 Å². The topological polar surface area (TPSA) is 64.6 Å². The summed E-state index contributed by atoms with van der Waals surface area (Å²) < 4.78 is 32.6. The van der Waals surface area contributed by atoms with Crippen molar-refractivity contribution in [3.63, 3.8) is 0 Å². The van der Waals surface area contributed by atoms with Gasteiger partial charge in [0.05, 0.1) is 12.7 Å². The first-order valence-electron chi connectivity index (χ1n) is 5.49. The highest BCUT2D eigenvalue weighted by molar-refractivity contribution is 14.1. The highest BCUT2D eigenvalue weighted by Crippen LogP contribution is 2.20. The maximum atomic E-state index is 12.2. The van der Waals surface area contributed by atoms with Crippen molar-refractivity contribution >= 4 is 34.5 Å². The summed E-state index contributed by atoms with van der Waals surface area (Å²) in [5.41, 5.74) is -0.0266. The van der Waals surface area contributed by atoms with Crippen LogP contribution in [-0.4, -0.2) is 36.1 Å². The van der Waals surface area contributed by atoms with E-state index in [-0.39, 0.29) is 17.9 Å². The number of esters is 1. The van der Waals surface area contributed by atoms with E-state index < -0.39 is 22.4 Å². The molecule has 0 saturated heterocycles. The van der Waals surface area contributed by atoms with Gasteiger partial charge in [-0.3, -0.25) is 9.59 Å². The van der Waals surface area contributed by atoms with Gasteiger partial charge in [-0.05, 0) is 12.1 Å². The van der Waals surface area contributed by atoms with E-state index >= 15 is 0 Å². The van der Waals surface area contributed by atoms with E-state index in [1.54, 1.807) is 0 Å². The first-order chi connectivity index (χ1) is 9.45. The Bertz CT molecular complexity index is 484. The number of hydrogen-bond donors (Lipinski definition) is 1. The quantitative estimate of drug-likeness (QED) is 0.452. The van der Waals surface area contributed by atoms with Crippen molar-refractivity contribution in [2.45, 2.75) is 10.5 Å². The number of amides is 1. The number of methoxy groups -OCH3 is 1. The van der Waals surface area contributed by atoms with Crippen LogP contribution in [0.4, 0.5) is 8.78 Å². The molecule has 1 amide bonds. The lowest BCUT2D eigenvalue weighted by Gasteiger charge is -2.12. The van der Waals surface area contributed by atoms with Crippen LogP contribution in [0.3, 0.4) is 0 Å². The fourth-order valence-corrected chi connectivity index (χ4v) is 1.82. The van der Waals surface area contributed by atoms with Gasteiger partial charge in [0.2, 0.25) is 0 Å². The van der Waals surface area contributed by atoms with Crippen LogP contribution in [0.5, 0.6) is 5.75 Å². The van der Waals surface area contributed by atoms with Gasteiger partial charge in [-0.2, -0.15) is 8.78 Å². The second-order valence-corrected chi connectivity index (χ2v) is 5.08. The van der Waals surface area contributed by atoms with Gasteiger partial charge in [0.15, 0.2) is 0 Å². The van der Waals surface area contributed by atoms with Gasteiger partial charge in [0.1, 0.15) is 9.67 Å². The van der Waals surface area contributed by atoms with Crippen molar-refractivity contribution in [1.29, 1.82) is 0 Å². The lowest BCUT2D eigenvalue weighted by Crippen LogP contribution is -2.34. The minimum Gasteiger partial charge on any atom is -0.468 e. The number of nitrogens with one attached hydrogen (secondary N) is 1. The molecular formula is C12H12F2INO4. The normalized spacial score (nSPS) is 11.8. The Hall–Kier alpha value is -1.45. The molecule has 8 heteroatoms. The molecule has 1 aromatic carbocycles. The van der Waals surface area contributed by atoms with Crippen LogP contribution < -0.4 is 10.1 Å². The van der Waals surface area contributed by atoms with E-state index in [4.69, 9.17) is 0 Å². The minimum absolute atomic E-state index is 0.0229. The summed E-state index contributed by atoms with van der Waals surface area (Å²) in [7, 11) is 1.24. The monoisotopic (exact) mass is 399 g/mol. The Kier molecular flexibility index (Phi) is 6.62. The molecule has 5 nitrogen and oxygen atoms in total. The van der Waals surface area contributed by atoms with E-state index in [1.807, 2.05) is 22.6 Å². The van der Waals surface area contributed by atoms with Crippen molar-refractivity contribution in [1.82, 2.24) is 5.32 Å². The van der Waals surface area contributed by atoms with Crippen LogP contribution in [-0.2, 0) is 9.53 Å². The van der Waals surface area contributed by atoms with Gasteiger partial charge in [-0.1, -0.05) is 34.7 Å². The second-order valence-electron chi connectivity index (χ2n) is 3.58. The maximum Gasteiger partial charge on any atom is 0.387 e. The molecule has 1 unspecified atom stereocenters. The molecule has 0 aromatic heterocycles. The zero-order valence-corrected chi connectivity index (χ0v) is 12.6. The van der Waals surface area contributed by atoms with Gasteiger partial charge < -0.3 is 14.8 Å². The van der Waals surface area contributed by atoms with Crippen LogP contribution in [0.1, 0.15) is 10.4 Å². The Morgan fingerprint density at radius 2 is 2.00 bits per heavy atom. The number of carbonyl (C=O) groups excluding carboxylic acids is 2. The molecule has 0 aliphatic heterocycles. The minimum atomic E-state index is -3.02. The number of benzene rings is 1. The highest BCUT2D eigenvalue weighted by Gasteiger charge is 2.19. The molecule has 0 saturated carbocycles. The smallest absolute Gasteiger partial charge is 0.387 e. The predicted molar refractivity (Wildman–Crippen MR) is 75.2 cm³/mol. The van der Waals surface area contributed by atoms with Crippen LogP contribution in [0.2, 0.25) is 0 Å². The molecule has 0 spiro atoms. The van der Waals surface area contributed by atoms with Crippen molar-refractivity contribution in [3.05, 3.63) is 29.8 Å². The molecule has 20 heavy (non-hydrogen) atoms. The van der Waals surface area contributed by atoms with Crippen LogP contribution >= 0.6 is 22.6 Å². The summed E-state index contributed by atoms with van der Waals surface area (Å²) >= 11 is 1.81. The van der Waals surface area contributed by atoms with Gasteiger partial charge >= 0.3 is 12.6 Å². The van der Waals surface area contributed by atoms with Crippen molar-refractivity contribution in [3.8, 4) is 5.75 Å². The first kappa shape index (κ1) is 16.6. The van der Waals surface area contributed by atoms with Crippen LogP contribution in [0.25, 0.3) is 0 Å². The summed E-state index contributed by atoms with van der Waals surface area (Å²) in [6, 6.07) is 5.62. The average Bonchev–Trinajstić information content (AvgIpc) is 2.43. The Morgan fingerprint density at radius 3 is 2.60 bits per heavy atom. The zero-order valence-electron chi connectivity index (χ0n) is 10.4. The molecule has 1 N–H and O–H groups in total. The molecule has 1 atom stereocenters. The van der Waals surface area contributed by atoms with Gasteiger partial charge in [0.25, 0.3) is 5.91 Å². The van der Waals surface area contributed by atoms with Gasteiger partial charge in [-0.15, -0.1) is 0 Å². The fourth-order valence-electron chi connectivity index (χ4n) is 1.34. The molecule has 1 aromatic rings. The molecule has 0 bridgehead atoms. The van der Waals surface area contributed by atoms with E-state index in [1.165, 1.54) is 31.4 Å². The second kappa shape index (κ2) is 7.98. The molecule has 1 rings (SSSR count). The van der Waals surface area contributed by atoms with Crippen molar-refractivity contribution < 1.29 is 27.8 Å². The fraction of sp³-hybridized carbons (Fsp3) is 0.333. The highest BCUT2D eigenvalue weighted by atomic mass is 127. The summed E-state index contributed by atoms with van der Waals surface area (Å²) in [4.78, 5) is 23.0. The van der Waals surface area contributed by atoms with Crippen LogP contribution in [0.15, 0.2) is 24.3 Å². The Morgan fingerprint density at radius 1 is 1.35 bits per heavy atom. The third-order valence-electron chi connectivity index (χ3n) is 2.25. The van der Waals surface area contributed by atoms with E-state index in [2.05, 4.69) is 14.8 Å². The predicted octanol–water partition coefficient (Wildman–Crippen LogP) is 1.99. The molecule has 0 radical (unpaired) electrons. The average molecular weight is 399 g/mol. The molecule has 110 valence electrons. The van der Waals surface area contributed by atoms with E-state index in [0.717, 1.165) is 0 Å². The van der Waals surface area contributed by atoms with Gasteiger partial charge in [0, 0.05) is 6.54 Å². The first-order valence-corrected chi connectivity index (χ1v) is 6.74. The Balaban J connectivity index is 2.70.